The van der Waals surface area contributed by atoms with Crippen LogP contribution in [0.5, 0.6) is 17.2 Å². The Bertz CT molecular complexity index is 1360. The Morgan fingerprint density at radius 3 is 2.13 bits per heavy atom. The second-order valence-corrected chi connectivity index (χ2v) is 8.67. The normalized spacial score (nSPS) is 16.4. The Kier molecular flexibility index (Phi) is 7.90. The van der Waals surface area contributed by atoms with Gasteiger partial charge in [0.05, 0.1) is 44.2 Å². The number of nitrogens with zero attached hydrogens (tertiary/aromatic N) is 2. The lowest BCUT2D eigenvalue weighted by Crippen LogP contribution is -2.30. The van der Waals surface area contributed by atoms with Crippen molar-refractivity contribution >= 4 is 28.8 Å². The summed E-state index contributed by atoms with van der Waals surface area (Å²) in [5.41, 5.74) is 2.29. The minimum absolute atomic E-state index is 0.0527. The number of amides is 1. The number of aliphatic hydroxyl groups excluding tert-OH is 1. The third kappa shape index (κ3) is 4.65. The monoisotopic (exact) mass is 516 g/mol. The molecule has 1 N–H and O–H groups in total. The fourth-order valence-corrected chi connectivity index (χ4v) is 4.83. The molecule has 38 heavy (non-hydrogen) atoms. The van der Waals surface area contributed by atoms with E-state index in [4.69, 9.17) is 14.2 Å². The first kappa shape index (κ1) is 26.6. The van der Waals surface area contributed by atoms with Crippen molar-refractivity contribution < 1.29 is 28.9 Å². The SMILES string of the molecule is CCN(CC)c1ccc(C2/C(=C(\O)c3cc(OC)ccc3OC)C(=O)C(=O)N2c2ccccc2OC)cc1. The number of Topliss-reactive ketones (excluding diaryl/α,β-unsaturated/α-hetero) is 1. The maximum absolute atomic E-state index is 13.6. The highest BCUT2D eigenvalue weighted by Gasteiger charge is 2.48. The van der Waals surface area contributed by atoms with Gasteiger partial charge in [-0.1, -0.05) is 24.3 Å². The average Bonchev–Trinajstić information content (AvgIpc) is 3.22. The van der Waals surface area contributed by atoms with Gasteiger partial charge < -0.3 is 24.2 Å². The van der Waals surface area contributed by atoms with E-state index in [0.29, 0.717) is 28.5 Å². The minimum Gasteiger partial charge on any atom is -0.507 e. The van der Waals surface area contributed by atoms with Crippen molar-refractivity contribution in [2.45, 2.75) is 19.9 Å². The zero-order chi connectivity index (χ0) is 27.4. The molecule has 1 aliphatic rings. The van der Waals surface area contributed by atoms with Crippen molar-refractivity contribution in [3.05, 3.63) is 83.4 Å². The van der Waals surface area contributed by atoms with Gasteiger partial charge in [-0.2, -0.15) is 0 Å². The topological polar surface area (TPSA) is 88.5 Å². The fourth-order valence-electron chi connectivity index (χ4n) is 4.83. The number of carbonyl (C=O) groups is 2. The summed E-state index contributed by atoms with van der Waals surface area (Å²) in [6.07, 6.45) is 0. The quantitative estimate of drug-likeness (QED) is 0.238. The average molecular weight is 517 g/mol. The van der Waals surface area contributed by atoms with Gasteiger partial charge in [0.15, 0.2) is 0 Å². The molecule has 0 spiro atoms. The Morgan fingerprint density at radius 2 is 1.53 bits per heavy atom. The van der Waals surface area contributed by atoms with Gasteiger partial charge >= 0.3 is 0 Å². The summed E-state index contributed by atoms with van der Waals surface area (Å²) < 4.78 is 16.3. The zero-order valence-corrected chi connectivity index (χ0v) is 22.2. The number of hydrogen-bond acceptors (Lipinski definition) is 7. The van der Waals surface area contributed by atoms with E-state index in [9.17, 15) is 14.7 Å². The van der Waals surface area contributed by atoms with Crippen molar-refractivity contribution in [1.29, 1.82) is 0 Å². The maximum Gasteiger partial charge on any atom is 0.300 e. The molecule has 0 aliphatic carbocycles. The molecule has 1 aliphatic heterocycles. The molecule has 1 amide bonds. The Labute approximate surface area is 222 Å². The van der Waals surface area contributed by atoms with E-state index in [0.717, 1.165) is 18.8 Å². The molecule has 8 heteroatoms. The van der Waals surface area contributed by atoms with Crippen LogP contribution in [-0.4, -0.2) is 51.2 Å². The van der Waals surface area contributed by atoms with Crippen molar-refractivity contribution in [1.82, 2.24) is 0 Å². The Hall–Kier alpha value is -4.46. The number of ketones is 1. The number of ether oxygens (including phenoxy) is 3. The highest BCUT2D eigenvalue weighted by atomic mass is 16.5. The molecule has 3 aromatic carbocycles. The molecule has 1 saturated heterocycles. The molecule has 198 valence electrons. The molecule has 0 bridgehead atoms. The second-order valence-electron chi connectivity index (χ2n) is 8.67. The number of anilines is 2. The number of rotatable bonds is 9. The number of aliphatic hydroxyl groups is 1. The van der Waals surface area contributed by atoms with Gasteiger partial charge in [0, 0.05) is 18.8 Å². The lowest BCUT2D eigenvalue weighted by molar-refractivity contribution is -0.132. The zero-order valence-electron chi connectivity index (χ0n) is 22.2. The van der Waals surface area contributed by atoms with Crippen LogP contribution in [-0.2, 0) is 9.59 Å². The van der Waals surface area contributed by atoms with E-state index in [1.807, 2.05) is 24.3 Å². The van der Waals surface area contributed by atoms with Crippen LogP contribution in [0.15, 0.2) is 72.3 Å². The van der Waals surface area contributed by atoms with Gasteiger partial charge in [0.2, 0.25) is 0 Å². The molecule has 1 heterocycles. The standard InChI is InChI=1S/C30H32N2O6/c1-6-31(7-2)20-14-12-19(13-15-20)27-26(28(33)22-18-21(36-3)16-17-24(22)37-4)29(34)30(35)32(27)23-10-8-9-11-25(23)38-5/h8-18,27,33H,6-7H2,1-5H3/b28-26+. The van der Waals surface area contributed by atoms with Crippen molar-refractivity contribution in [3.8, 4) is 17.2 Å². The fraction of sp³-hybridized carbons (Fsp3) is 0.267. The van der Waals surface area contributed by atoms with Crippen LogP contribution in [0.25, 0.3) is 5.76 Å². The van der Waals surface area contributed by atoms with Gasteiger partial charge in [0.1, 0.15) is 23.0 Å². The number of para-hydroxylation sites is 2. The van der Waals surface area contributed by atoms with Gasteiger partial charge in [0.25, 0.3) is 11.7 Å². The highest BCUT2D eigenvalue weighted by Crippen LogP contribution is 2.46. The molecule has 1 unspecified atom stereocenters. The molecule has 0 aromatic heterocycles. The van der Waals surface area contributed by atoms with Gasteiger partial charge in [-0.05, 0) is 61.9 Å². The summed E-state index contributed by atoms with van der Waals surface area (Å²) in [6, 6.07) is 18.6. The predicted octanol–water partition coefficient (Wildman–Crippen LogP) is 5.18. The van der Waals surface area contributed by atoms with E-state index < -0.39 is 17.7 Å². The number of hydrogen-bond donors (Lipinski definition) is 1. The van der Waals surface area contributed by atoms with Crippen LogP contribution in [0.4, 0.5) is 11.4 Å². The molecule has 0 radical (unpaired) electrons. The summed E-state index contributed by atoms with van der Waals surface area (Å²) in [5.74, 6) is -0.701. The molecule has 1 fully saturated rings. The third-order valence-corrected chi connectivity index (χ3v) is 6.79. The van der Waals surface area contributed by atoms with Crippen molar-refractivity contribution in [2.75, 3.05) is 44.2 Å². The van der Waals surface area contributed by atoms with Crippen LogP contribution >= 0.6 is 0 Å². The lowest BCUT2D eigenvalue weighted by atomic mass is 9.94. The third-order valence-electron chi connectivity index (χ3n) is 6.79. The number of methoxy groups -OCH3 is 3. The molecule has 8 nitrogen and oxygen atoms in total. The van der Waals surface area contributed by atoms with Crippen LogP contribution < -0.4 is 24.0 Å². The molecule has 3 aromatic rings. The Balaban J connectivity index is 1.97. The van der Waals surface area contributed by atoms with E-state index in [1.54, 1.807) is 42.5 Å². The lowest BCUT2D eigenvalue weighted by Gasteiger charge is -2.27. The maximum atomic E-state index is 13.6. The first-order chi connectivity index (χ1) is 18.4. The highest BCUT2D eigenvalue weighted by molar-refractivity contribution is 6.52. The van der Waals surface area contributed by atoms with Gasteiger partial charge in [-0.3, -0.25) is 14.5 Å². The minimum atomic E-state index is -0.909. The van der Waals surface area contributed by atoms with E-state index in [-0.39, 0.29) is 16.9 Å². The molecule has 1 atom stereocenters. The number of benzene rings is 3. The molecule has 4 rings (SSSR count). The predicted molar refractivity (Wildman–Crippen MR) is 147 cm³/mol. The summed E-state index contributed by atoms with van der Waals surface area (Å²) in [5, 5.41) is 11.6. The van der Waals surface area contributed by atoms with Crippen LogP contribution in [0.3, 0.4) is 0 Å². The number of carbonyl (C=O) groups excluding carboxylic acids is 2. The summed E-state index contributed by atoms with van der Waals surface area (Å²) in [7, 11) is 4.48. The summed E-state index contributed by atoms with van der Waals surface area (Å²) in [6.45, 7) is 5.83. The summed E-state index contributed by atoms with van der Waals surface area (Å²) >= 11 is 0. The van der Waals surface area contributed by atoms with Crippen LogP contribution in [0.1, 0.15) is 31.0 Å². The second kappa shape index (κ2) is 11.3. The summed E-state index contributed by atoms with van der Waals surface area (Å²) in [4.78, 5) is 30.7. The van der Waals surface area contributed by atoms with Gasteiger partial charge in [-0.25, -0.2) is 0 Å². The molecular formula is C30H32N2O6. The largest absolute Gasteiger partial charge is 0.507 e. The van der Waals surface area contributed by atoms with Gasteiger partial charge in [-0.15, -0.1) is 0 Å². The van der Waals surface area contributed by atoms with Crippen molar-refractivity contribution in [3.63, 3.8) is 0 Å². The first-order valence-corrected chi connectivity index (χ1v) is 12.4. The van der Waals surface area contributed by atoms with Crippen molar-refractivity contribution in [2.24, 2.45) is 0 Å². The molecule has 0 saturated carbocycles. The van der Waals surface area contributed by atoms with E-state index in [1.165, 1.54) is 26.2 Å². The molecular weight excluding hydrogens is 484 g/mol. The first-order valence-electron chi connectivity index (χ1n) is 12.4. The van der Waals surface area contributed by atoms with E-state index in [2.05, 4.69) is 18.7 Å². The Morgan fingerprint density at radius 1 is 0.868 bits per heavy atom. The van der Waals surface area contributed by atoms with E-state index >= 15 is 0 Å². The smallest absolute Gasteiger partial charge is 0.300 e. The van der Waals surface area contributed by atoms with Crippen LogP contribution in [0, 0.1) is 0 Å². The van der Waals surface area contributed by atoms with Crippen LogP contribution in [0.2, 0.25) is 0 Å².